The second kappa shape index (κ2) is 9.61. The maximum Gasteiger partial charge on any atom is 0.346 e. The normalized spacial score (nSPS) is 16.2. The molecule has 174 valence electrons. The lowest BCUT2D eigenvalue weighted by Crippen LogP contribution is -2.38. The van der Waals surface area contributed by atoms with Crippen LogP contribution in [-0.2, 0) is 11.2 Å². The molecule has 5 rings (SSSR count). The highest BCUT2D eigenvalue weighted by molar-refractivity contribution is 7.21. The van der Waals surface area contributed by atoms with Crippen LogP contribution in [0.15, 0.2) is 53.9 Å². The Bertz CT molecular complexity index is 1350. The number of aromatic carboxylic acids is 1. The number of nitrogens with zero attached hydrogens (tertiary/aromatic N) is 2. The molecule has 1 fully saturated rings. The minimum atomic E-state index is -0.904. The number of carboxylic acids is 1. The zero-order valence-corrected chi connectivity index (χ0v) is 19.8. The molecule has 1 aliphatic rings. The Morgan fingerprint density at radius 2 is 1.97 bits per heavy atom. The molecule has 0 spiro atoms. The van der Waals surface area contributed by atoms with Crippen LogP contribution in [0.1, 0.15) is 28.1 Å². The third-order valence-electron chi connectivity index (χ3n) is 6.07. The molecule has 4 aromatic rings. The highest BCUT2D eigenvalue weighted by Crippen LogP contribution is 2.34. The van der Waals surface area contributed by atoms with E-state index in [-0.39, 0.29) is 24.3 Å². The quantitative estimate of drug-likeness (QED) is 0.353. The summed E-state index contributed by atoms with van der Waals surface area (Å²) in [6.45, 7) is 1.02. The van der Waals surface area contributed by atoms with Crippen molar-refractivity contribution in [2.75, 3.05) is 18.4 Å². The molecule has 34 heavy (non-hydrogen) atoms. The molecule has 6 nitrogen and oxygen atoms in total. The van der Waals surface area contributed by atoms with Gasteiger partial charge >= 0.3 is 5.97 Å². The number of amides is 1. The van der Waals surface area contributed by atoms with Gasteiger partial charge in [0.2, 0.25) is 5.91 Å². The molecule has 1 unspecified atom stereocenters. The summed E-state index contributed by atoms with van der Waals surface area (Å²) < 4.78 is 14.1. The fourth-order valence-corrected chi connectivity index (χ4v) is 6.28. The van der Waals surface area contributed by atoms with Crippen LogP contribution in [0.25, 0.3) is 21.3 Å². The molecule has 1 aliphatic heterocycles. The first-order valence-electron chi connectivity index (χ1n) is 11.0. The summed E-state index contributed by atoms with van der Waals surface area (Å²) in [5, 5.41) is 15.9. The number of anilines is 1. The SMILES string of the molecule is O=C(CN1CCCC1Cc1c(C(=O)O)sc2ccccc12)Nc1nc(-c2ccc(F)cc2)cs1. The van der Waals surface area contributed by atoms with Crippen molar-refractivity contribution < 1.29 is 19.1 Å². The summed E-state index contributed by atoms with van der Waals surface area (Å²) in [6.07, 6.45) is 2.49. The van der Waals surface area contributed by atoms with Crippen LogP contribution < -0.4 is 5.32 Å². The number of aromatic nitrogens is 1. The van der Waals surface area contributed by atoms with Crippen LogP contribution in [0.3, 0.4) is 0 Å². The summed E-state index contributed by atoms with van der Waals surface area (Å²) in [6, 6.07) is 13.9. The van der Waals surface area contributed by atoms with Gasteiger partial charge in [-0.05, 0) is 67.1 Å². The molecule has 1 saturated heterocycles. The van der Waals surface area contributed by atoms with Gasteiger partial charge in [0, 0.05) is 21.7 Å². The smallest absolute Gasteiger partial charge is 0.346 e. The van der Waals surface area contributed by atoms with E-state index in [1.54, 1.807) is 12.1 Å². The van der Waals surface area contributed by atoms with Crippen molar-refractivity contribution in [3.63, 3.8) is 0 Å². The van der Waals surface area contributed by atoms with Gasteiger partial charge in [-0.25, -0.2) is 14.2 Å². The van der Waals surface area contributed by atoms with Crippen molar-refractivity contribution in [1.82, 2.24) is 9.88 Å². The predicted octanol–water partition coefficient (Wildman–Crippen LogP) is 5.51. The first-order chi connectivity index (χ1) is 16.5. The van der Waals surface area contributed by atoms with Gasteiger partial charge in [0.25, 0.3) is 0 Å². The maximum absolute atomic E-state index is 13.2. The summed E-state index contributed by atoms with van der Waals surface area (Å²) in [5.74, 6) is -1.36. The topological polar surface area (TPSA) is 82.5 Å². The number of carboxylic acid groups (broad SMARTS) is 1. The standard InChI is InChI=1S/C25H22FN3O3S2/c26-16-9-7-15(8-10-16)20-14-33-25(27-20)28-22(30)13-29-11-3-4-17(29)12-19-18-5-1-2-6-21(18)34-23(19)24(31)32/h1-2,5-10,14,17H,3-4,11-13H2,(H,31,32)(H,27,28,30). The van der Waals surface area contributed by atoms with E-state index in [1.807, 2.05) is 29.6 Å². The van der Waals surface area contributed by atoms with Crippen molar-refractivity contribution in [3.05, 3.63) is 70.2 Å². The van der Waals surface area contributed by atoms with E-state index in [0.717, 1.165) is 40.6 Å². The molecule has 0 bridgehead atoms. The molecule has 1 amide bonds. The minimum Gasteiger partial charge on any atom is -0.477 e. The van der Waals surface area contributed by atoms with Crippen molar-refractivity contribution in [2.24, 2.45) is 0 Å². The maximum atomic E-state index is 13.2. The van der Waals surface area contributed by atoms with Crippen LogP contribution in [0.5, 0.6) is 0 Å². The summed E-state index contributed by atoms with van der Waals surface area (Å²) in [5.41, 5.74) is 2.33. The van der Waals surface area contributed by atoms with E-state index >= 15 is 0 Å². The monoisotopic (exact) mass is 495 g/mol. The van der Waals surface area contributed by atoms with Crippen molar-refractivity contribution in [1.29, 1.82) is 0 Å². The highest BCUT2D eigenvalue weighted by atomic mass is 32.1. The van der Waals surface area contributed by atoms with E-state index in [2.05, 4.69) is 15.2 Å². The van der Waals surface area contributed by atoms with Gasteiger partial charge in [-0.1, -0.05) is 18.2 Å². The Hall–Kier alpha value is -3.14. The van der Waals surface area contributed by atoms with E-state index < -0.39 is 5.97 Å². The first kappa shape index (κ1) is 22.6. The lowest BCUT2D eigenvalue weighted by atomic mass is 10.0. The van der Waals surface area contributed by atoms with Gasteiger partial charge in [0.15, 0.2) is 5.13 Å². The lowest BCUT2D eigenvalue weighted by Gasteiger charge is -2.23. The minimum absolute atomic E-state index is 0.105. The van der Waals surface area contributed by atoms with Crippen LogP contribution >= 0.6 is 22.7 Å². The van der Waals surface area contributed by atoms with Gasteiger partial charge in [-0.15, -0.1) is 22.7 Å². The number of fused-ring (bicyclic) bond motifs is 1. The number of carbonyl (C=O) groups is 2. The number of thiazole rings is 1. The van der Waals surface area contributed by atoms with Gasteiger partial charge in [0.1, 0.15) is 10.7 Å². The third kappa shape index (κ3) is 4.72. The van der Waals surface area contributed by atoms with Crippen molar-refractivity contribution in [3.8, 4) is 11.3 Å². The summed E-state index contributed by atoms with van der Waals surface area (Å²) in [4.78, 5) is 31.6. The molecule has 9 heteroatoms. The number of thiophene rings is 1. The van der Waals surface area contributed by atoms with Crippen LogP contribution in [-0.4, -0.2) is 46.0 Å². The Morgan fingerprint density at radius 1 is 1.18 bits per heavy atom. The van der Waals surface area contributed by atoms with Crippen molar-refractivity contribution in [2.45, 2.75) is 25.3 Å². The van der Waals surface area contributed by atoms with E-state index in [1.165, 1.54) is 34.8 Å². The molecule has 2 N–H and O–H groups in total. The second-order valence-corrected chi connectivity index (χ2v) is 10.2. The Balaban J connectivity index is 1.26. The highest BCUT2D eigenvalue weighted by Gasteiger charge is 2.29. The molecular weight excluding hydrogens is 473 g/mol. The number of hydrogen-bond donors (Lipinski definition) is 2. The molecule has 3 heterocycles. The average molecular weight is 496 g/mol. The van der Waals surface area contributed by atoms with Gasteiger partial charge < -0.3 is 10.4 Å². The molecule has 0 saturated carbocycles. The number of rotatable bonds is 7. The fraction of sp³-hybridized carbons (Fsp3) is 0.240. The molecular formula is C25H22FN3O3S2. The number of hydrogen-bond acceptors (Lipinski definition) is 6. The van der Waals surface area contributed by atoms with Crippen molar-refractivity contribution >= 4 is 49.8 Å². The van der Waals surface area contributed by atoms with Gasteiger partial charge in [0.05, 0.1) is 12.2 Å². The van der Waals surface area contributed by atoms with E-state index in [9.17, 15) is 19.1 Å². The Morgan fingerprint density at radius 3 is 2.76 bits per heavy atom. The first-order valence-corrected chi connectivity index (χ1v) is 12.7. The molecule has 0 aliphatic carbocycles. The van der Waals surface area contributed by atoms with Crippen LogP contribution in [0, 0.1) is 5.82 Å². The molecule has 1 atom stereocenters. The summed E-state index contributed by atoms with van der Waals surface area (Å²) >= 11 is 2.64. The largest absolute Gasteiger partial charge is 0.477 e. The van der Waals surface area contributed by atoms with E-state index in [4.69, 9.17) is 0 Å². The van der Waals surface area contributed by atoms with Gasteiger partial charge in [-0.2, -0.15) is 0 Å². The van der Waals surface area contributed by atoms with Gasteiger partial charge in [-0.3, -0.25) is 9.69 Å². The number of benzene rings is 2. The number of carbonyl (C=O) groups excluding carboxylic acids is 1. The fourth-order valence-electron chi connectivity index (χ4n) is 4.47. The zero-order chi connectivity index (χ0) is 23.7. The summed E-state index contributed by atoms with van der Waals surface area (Å²) in [7, 11) is 0. The average Bonchev–Trinajstić information content (AvgIpc) is 3.54. The third-order valence-corrected chi connectivity index (χ3v) is 8.03. The van der Waals surface area contributed by atoms with Crippen LogP contribution in [0.2, 0.25) is 0 Å². The molecule has 0 radical (unpaired) electrons. The molecule has 2 aromatic carbocycles. The lowest BCUT2D eigenvalue weighted by molar-refractivity contribution is -0.117. The number of likely N-dealkylation sites (tertiary alicyclic amines) is 1. The second-order valence-electron chi connectivity index (χ2n) is 8.27. The number of halogens is 1. The Labute approximate surface area is 203 Å². The Kier molecular flexibility index (Phi) is 6.40. The predicted molar refractivity (Wildman–Crippen MR) is 133 cm³/mol. The zero-order valence-electron chi connectivity index (χ0n) is 18.2. The molecule has 2 aromatic heterocycles. The van der Waals surface area contributed by atoms with Crippen LogP contribution in [0.4, 0.5) is 9.52 Å². The van der Waals surface area contributed by atoms with E-state index in [0.29, 0.717) is 22.1 Å². The number of nitrogens with one attached hydrogen (secondary N) is 1.